The van der Waals surface area contributed by atoms with Crippen LogP contribution in [0.4, 0.5) is 0 Å². The fraction of sp³-hybridized carbons (Fsp3) is 1.00. The Morgan fingerprint density at radius 1 is 1.22 bits per heavy atom. The van der Waals surface area contributed by atoms with Gasteiger partial charge in [-0.3, -0.25) is 4.90 Å². The van der Waals surface area contributed by atoms with E-state index in [9.17, 15) is 0 Å². The molecule has 0 radical (unpaired) electrons. The van der Waals surface area contributed by atoms with Gasteiger partial charge in [-0.25, -0.2) is 0 Å². The molecule has 1 unspecified atom stereocenters. The van der Waals surface area contributed by atoms with E-state index < -0.39 is 0 Å². The molecular weight excluding hydrogens is 224 g/mol. The van der Waals surface area contributed by atoms with Gasteiger partial charge >= 0.3 is 0 Å². The molecule has 1 atom stereocenters. The van der Waals surface area contributed by atoms with E-state index in [4.69, 9.17) is 10.5 Å². The van der Waals surface area contributed by atoms with Gasteiger partial charge in [0.05, 0.1) is 12.1 Å². The van der Waals surface area contributed by atoms with Gasteiger partial charge in [-0.1, -0.05) is 27.7 Å². The van der Waals surface area contributed by atoms with E-state index in [0.29, 0.717) is 12.5 Å². The summed E-state index contributed by atoms with van der Waals surface area (Å²) in [5.41, 5.74) is 6.12. The molecule has 0 amide bonds. The van der Waals surface area contributed by atoms with Crippen LogP contribution in [-0.2, 0) is 4.74 Å². The molecule has 1 aliphatic rings. The van der Waals surface area contributed by atoms with Crippen LogP contribution < -0.4 is 5.73 Å². The van der Waals surface area contributed by atoms with E-state index in [1.165, 1.54) is 25.9 Å². The molecule has 1 rings (SSSR count). The molecule has 0 bridgehead atoms. The quantitative estimate of drug-likeness (QED) is 0.793. The Labute approximate surface area is 113 Å². The Balaban J connectivity index is 2.71. The van der Waals surface area contributed by atoms with Crippen molar-refractivity contribution in [2.24, 2.45) is 23.5 Å². The van der Waals surface area contributed by atoms with Crippen LogP contribution in [0.2, 0.25) is 0 Å². The van der Waals surface area contributed by atoms with Gasteiger partial charge in [-0.15, -0.1) is 0 Å². The maximum absolute atomic E-state index is 6.10. The number of nitrogens with zero attached hydrogens (tertiary/aromatic N) is 1. The fourth-order valence-corrected chi connectivity index (χ4v) is 3.31. The van der Waals surface area contributed by atoms with Crippen molar-refractivity contribution in [3.63, 3.8) is 0 Å². The molecule has 108 valence electrons. The maximum atomic E-state index is 6.10. The standard InChI is InChI=1S/C15H32N2O/c1-12(2)14-6-8-17(9-7-14)15(10-16,11-18-5)13(3)4/h12-14H,6-11,16H2,1-5H3. The number of ether oxygens (including phenoxy) is 1. The fourth-order valence-electron chi connectivity index (χ4n) is 3.31. The molecule has 0 aromatic heterocycles. The van der Waals surface area contributed by atoms with E-state index in [0.717, 1.165) is 18.4 Å². The Morgan fingerprint density at radius 3 is 2.11 bits per heavy atom. The Bertz CT molecular complexity index is 235. The third-order valence-corrected chi connectivity index (χ3v) is 4.93. The third-order valence-electron chi connectivity index (χ3n) is 4.93. The van der Waals surface area contributed by atoms with Crippen molar-refractivity contribution < 1.29 is 4.74 Å². The van der Waals surface area contributed by atoms with Crippen LogP contribution in [0.1, 0.15) is 40.5 Å². The summed E-state index contributed by atoms with van der Waals surface area (Å²) in [6.07, 6.45) is 2.60. The Morgan fingerprint density at radius 2 is 1.78 bits per heavy atom. The first-order chi connectivity index (χ1) is 8.47. The van der Waals surface area contributed by atoms with Gasteiger partial charge in [-0.2, -0.15) is 0 Å². The predicted molar refractivity (Wildman–Crippen MR) is 77.6 cm³/mol. The lowest BCUT2D eigenvalue weighted by Crippen LogP contribution is -2.62. The molecule has 1 saturated heterocycles. The minimum absolute atomic E-state index is 0.0245. The van der Waals surface area contributed by atoms with Crippen LogP contribution >= 0.6 is 0 Å². The van der Waals surface area contributed by atoms with Gasteiger partial charge in [0.2, 0.25) is 0 Å². The van der Waals surface area contributed by atoms with Gasteiger partial charge in [0.15, 0.2) is 0 Å². The summed E-state index contributed by atoms with van der Waals surface area (Å²) in [4.78, 5) is 2.58. The minimum atomic E-state index is 0.0245. The van der Waals surface area contributed by atoms with Gasteiger partial charge in [0.25, 0.3) is 0 Å². The number of nitrogens with two attached hydrogens (primary N) is 1. The van der Waals surface area contributed by atoms with Crippen LogP contribution in [-0.4, -0.2) is 43.8 Å². The smallest absolute Gasteiger partial charge is 0.0661 e. The predicted octanol–water partition coefficient (Wildman–Crippen LogP) is 2.35. The average Bonchev–Trinajstić information content (AvgIpc) is 2.35. The largest absolute Gasteiger partial charge is 0.383 e. The SMILES string of the molecule is COCC(CN)(C(C)C)N1CCC(C(C)C)CC1. The average molecular weight is 256 g/mol. The first-order valence-corrected chi connectivity index (χ1v) is 7.42. The summed E-state index contributed by atoms with van der Waals surface area (Å²) in [6.45, 7) is 13.0. The zero-order valence-electron chi connectivity index (χ0n) is 12.9. The van der Waals surface area contributed by atoms with E-state index in [1.807, 2.05) is 0 Å². The monoisotopic (exact) mass is 256 g/mol. The number of hydrogen-bond acceptors (Lipinski definition) is 3. The third kappa shape index (κ3) is 3.25. The lowest BCUT2D eigenvalue weighted by atomic mass is 9.80. The Hall–Kier alpha value is -0.120. The van der Waals surface area contributed by atoms with E-state index in [-0.39, 0.29) is 5.54 Å². The first kappa shape index (κ1) is 15.9. The summed E-state index contributed by atoms with van der Waals surface area (Å²) in [7, 11) is 1.79. The summed E-state index contributed by atoms with van der Waals surface area (Å²) >= 11 is 0. The summed E-state index contributed by atoms with van der Waals surface area (Å²) in [5.74, 6) is 2.21. The highest BCUT2D eigenvalue weighted by molar-refractivity contribution is 4.96. The van der Waals surface area contributed by atoms with Crippen molar-refractivity contribution >= 4 is 0 Å². The van der Waals surface area contributed by atoms with Crippen LogP contribution in [0.25, 0.3) is 0 Å². The number of likely N-dealkylation sites (tertiary alicyclic amines) is 1. The summed E-state index contributed by atoms with van der Waals surface area (Å²) in [5, 5.41) is 0. The van der Waals surface area contributed by atoms with Gasteiger partial charge in [-0.05, 0) is 43.7 Å². The molecule has 3 heteroatoms. The van der Waals surface area contributed by atoms with Crippen molar-refractivity contribution in [1.82, 2.24) is 4.90 Å². The number of rotatable bonds is 6. The second-order valence-electron chi connectivity index (χ2n) is 6.46. The van der Waals surface area contributed by atoms with E-state index >= 15 is 0 Å². The van der Waals surface area contributed by atoms with E-state index in [1.54, 1.807) is 7.11 Å². The lowest BCUT2D eigenvalue weighted by molar-refractivity contribution is -0.0363. The highest BCUT2D eigenvalue weighted by Gasteiger charge is 2.40. The zero-order valence-corrected chi connectivity index (χ0v) is 12.9. The molecule has 1 aliphatic heterocycles. The lowest BCUT2D eigenvalue weighted by Gasteiger charge is -2.49. The van der Waals surface area contributed by atoms with Gasteiger partial charge < -0.3 is 10.5 Å². The summed E-state index contributed by atoms with van der Waals surface area (Å²) in [6, 6.07) is 0. The molecule has 2 N–H and O–H groups in total. The molecule has 0 saturated carbocycles. The highest BCUT2D eigenvalue weighted by Crippen LogP contribution is 2.32. The number of methoxy groups -OCH3 is 1. The van der Waals surface area contributed by atoms with Crippen molar-refractivity contribution in [2.45, 2.75) is 46.1 Å². The summed E-state index contributed by atoms with van der Waals surface area (Å²) < 4.78 is 5.47. The molecule has 1 heterocycles. The minimum Gasteiger partial charge on any atom is -0.383 e. The molecule has 0 aliphatic carbocycles. The molecular formula is C15H32N2O. The normalized spacial score (nSPS) is 22.7. The molecule has 0 aromatic rings. The van der Waals surface area contributed by atoms with Crippen molar-refractivity contribution in [3.8, 4) is 0 Å². The maximum Gasteiger partial charge on any atom is 0.0661 e. The van der Waals surface area contributed by atoms with Crippen LogP contribution in [0.15, 0.2) is 0 Å². The first-order valence-electron chi connectivity index (χ1n) is 7.42. The van der Waals surface area contributed by atoms with Gasteiger partial charge in [0.1, 0.15) is 0 Å². The van der Waals surface area contributed by atoms with Crippen LogP contribution in [0, 0.1) is 17.8 Å². The highest BCUT2D eigenvalue weighted by atomic mass is 16.5. The van der Waals surface area contributed by atoms with Crippen molar-refractivity contribution in [1.29, 1.82) is 0 Å². The number of piperidine rings is 1. The van der Waals surface area contributed by atoms with Crippen molar-refractivity contribution in [2.75, 3.05) is 33.4 Å². The van der Waals surface area contributed by atoms with Crippen LogP contribution in [0.3, 0.4) is 0 Å². The van der Waals surface area contributed by atoms with Gasteiger partial charge in [0, 0.05) is 13.7 Å². The second-order valence-corrected chi connectivity index (χ2v) is 6.46. The molecule has 1 fully saturated rings. The Kier molecular flexibility index (Phi) is 6.09. The second kappa shape index (κ2) is 6.88. The molecule has 0 spiro atoms. The molecule has 0 aromatic carbocycles. The van der Waals surface area contributed by atoms with Crippen molar-refractivity contribution in [3.05, 3.63) is 0 Å². The molecule has 3 nitrogen and oxygen atoms in total. The zero-order chi connectivity index (χ0) is 13.8. The molecule has 18 heavy (non-hydrogen) atoms. The van der Waals surface area contributed by atoms with Crippen LogP contribution in [0.5, 0.6) is 0 Å². The topological polar surface area (TPSA) is 38.5 Å². The van der Waals surface area contributed by atoms with E-state index in [2.05, 4.69) is 32.6 Å². The number of hydrogen-bond donors (Lipinski definition) is 1.